The van der Waals surface area contributed by atoms with Crippen molar-refractivity contribution in [1.29, 1.82) is 0 Å². The van der Waals surface area contributed by atoms with Gasteiger partial charge in [0.15, 0.2) is 11.6 Å². The number of anilines is 1. The molecular formula is C33H27F3N4O5. The van der Waals surface area contributed by atoms with Crippen LogP contribution in [0, 0.1) is 17.5 Å². The molecule has 4 N–H and O–H groups in total. The van der Waals surface area contributed by atoms with Gasteiger partial charge in [-0.1, -0.05) is 36.4 Å². The van der Waals surface area contributed by atoms with E-state index in [0.29, 0.717) is 28.3 Å². The van der Waals surface area contributed by atoms with Gasteiger partial charge in [0.25, 0.3) is 5.91 Å². The normalized spacial score (nSPS) is 15.8. The van der Waals surface area contributed by atoms with Crippen LogP contribution in [0.25, 0.3) is 0 Å². The molecule has 9 nitrogen and oxygen atoms in total. The predicted octanol–water partition coefficient (Wildman–Crippen LogP) is 3.74. The smallest absolute Gasteiger partial charge is 0.272 e. The number of nitrogens with one attached hydrogen (secondary N) is 1. The number of hydrogen-bond donors (Lipinski definition) is 3. The standard InChI is InChI=1S/C33H27F3N4O5/c1-45-22-13-8-19(9-14-22)29-23-4-2-3-5-26(23)40(17-27(37)41)33(44)31(38-29)39-32(43)28(18-6-11-21(34)12-7-18)30(42)20-10-15-24(35)25(36)16-20/h2-16,28,30-31,42H,17H2,1H3,(H2,37,41)(H,39,43)/t28-,30+,31?/m1/s1. The Hall–Kier alpha value is -5.49. The lowest BCUT2D eigenvalue weighted by Gasteiger charge is -2.27. The number of hydrogen-bond acceptors (Lipinski definition) is 6. The Balaban J connectivity index is 1.60. The maximum absolute atomic E-state index is 14.1. The molecule has 1 unspecified atom stereocenters. The number of carbonyl (C=O) groups excluding carboxylic acids is 3. The molecule has 3 amide bonds. The number of carbonyl (C=O) groups is 3. The number of halogens is 3. The van der Waals surface area contributed by atoms with Gasteiger partial charge in [0, 0.05) is 11.1 Å². The van der Waals surface area contributed by atoms with Crippen molar-refractivity contribution in [3.05, 3.63) is 131 Å². The number of benzene rings is 4. The summed E-state index contributed by atoms with van der Waals surface area (Å²) >= 11 is 0. The molecule has 5 rings (SSSR count). The summed E-state index contributed by atoms with van der Waals surface area (Å²) in [4.78, 5) is 45.7. The van der Waals surface area contributed by atoms with E-state index in [1.807, 2.05) is 0 Å². The van der Waals surface area contributed by atoms with Crippen LogP contribution >= 0.6 is 0 Å². The summed E-state index contributed by atoms with van der Waals surface area (Å²) in [6.45, 7) is -0.535. The second kappa shape index (κ2) is 13.0. The van der Waals surface area contributed by atoms with E-state index < -0.39 is 59.9 Å². The van der Waals surface area contributed by atoms with Gasteiger partial charge in [-0.15, -0.1) is 0 Å². The van der Waals surface area contributed by atoms with Crippen molar-refractivity contribution >= 4 is 29.1 Å². The molecule has 12 heteroatoms. The van der Waals surface area contributed by atoms with Gasteiger partial charge in [-0.25, -0.2) is 18.2 Å². The second-order valence-electron chi connectivity index (χ2n) is 10.2. The van der Waals surface area contributed by atoms with Crippen molar-refractivity contribution in [2.75, 3.05) is 18.6 Å². The van der Waals surface area contributed by atoms with Crippen molar-refractivity contribution in [2.45, 2.75) is 18.2 Å². The molecule has 0 spiro atoms. The maximum atomic E-state index is 14.1. The number of nitrogens with zero attached hydrogens (tertiary/aromatic N) is 2. The number of aliphatic hydroxyl groups excluding tert-OH is 1. The quantitative estimate of drug-likeness (QED) is 0.264. The van der Waals surface area contributed by atoms with Crippen molar-refractivity contribution in [1.82, 2.24) is 5.32 Å². The van der Waals surface area contributed by atoms with E-state index in [4.69, 9.17) is 10.5 Å². The lowest BCUT2D eigenvalue weighted by Crippen LogP contribution is -2.51. The lowest BCUT2D eigenvalue weighted by molar-refractivity contribution is -0.130. The summed E-state index contributed by atoms with van der Waals surface area (Å²) in [5.74, 6) is -6.58. The van der Waals surface area contributed by atoms with Gasteiger partial charge in [0.05, 0.1) is 30.5 Å². The van der Waals surface area contributed by atoms with E-state index in [0.717, 1.165) is 35.2 Å². The highest BCUT2D eigenvalue weighted by atomic mass is 19.2. The molecule has 3 atom stereocenters. The minimum atomic E-state index is -1.75. The fourth-order valence-corrected chi connectivity index (χ4v) is 5.08. The SMILES string of the molecule is COc1ccc(C2=NC(NC(=O)[C@H](c3ccc(F)cc3)[C@@H](O)c3ccc(F)c(F)c3)C(=O)N(CC(N)=O)c3ccccc32)cc1. The van der Waals surface area contributed by atoms with Crippen molar-refractivity contribution in [2.24, 2.45) is 10.7 Å². The Morgan fingerprint density at radius 1 is 0.956 bits per heavy atom. The van der Waals surface area contributed by atoms with E-state index in [-0.39, 0.29) is 11.1 Å². The number of ether oxygens (including phenoxy) is 1. The first kappa shape index (κ1) is 31.0. The van der Waals surface area contributed by atoms with Gasteiger partial charge >= 0.3 is 0 Å². The molecule has 0 bridgehead atoms. The van der Waals surface area contributed by atoms with E-state index in [1.54, 1.807) is 48.5 Å². The molecule has 0 fully saturated rings. The van der Waals surface area contributed by atoms with Gasteiger partial charge in [0.2, 0.25) is 18.0 Å². The number of methoxy groups -OCH3 is 1. The maximum Gasteiger partial charge on any atom is 0.272 e. The van der Waals surface area contributed by atoms with E-state index >= 15 is 0 Å². The molecule has 0 saturated heterocycles. The highest BCUT2D eigenvalue weighted by Gasteiger charge is 2.37. The van der Waals surface area contributed by atoms with Gasteiger partial charge in [-0.05, 0) is 65.7 Å². The number of aliphatic imine (C=N–C) groups is 1. The largest absolute Gasteiger partial charge is 0.497 e. The third-order valence-corrected chi connectivity index (χ3v) is 7.28. The van der Waals surface area contributed by atoms with Crippen LogP contribution in [0.2, 0.25) is 0 Å². The molecule has 4 aromatic carbocycles. The minimum absolute atomic E-state index is 0.115. The zero-order valence-electron chi connectivity index (χ0n) is 23.8. The van der Waals surface area contributed by atoms with E-state index in [9.17, 15) is 32.7 Å². The summed E-state index contributed by atoms with van der Waals surface area (Å²) < 4.78 is 46.8. The molecule has 0 saturated carbocycles. The molecule has 0 aliphatic carbocycles. The van der Waals surface area contributed by atoms with Crippen molar-refractivity contribution < 1.29 is 37.4 Å². The fraction of sp³-hybridized carbons (Fsp3) is 0.152. The average molecular weight is 617 g/mol. The first-order valence-corrected chi connectivity index (χ1v) is 13.7. The van der Waals surface area contributed by atoms with Crippen LogP contribution in [0.15, 0.2) is 96.0 Å². The van der Waals surface area contributed by atoms with Crippen LogP contribution in [0.3, 0.4) is 0 Å². The number of nitrogens with two attached hydrogens (primary N) is 1. The molecule has 4 aromatic rings. The molecule has 0 aromatic heterocycles. The highest BCUT2D eigenvalue weighted by molar-refractivity contribution is 6.21. The predicted molar refractivity (Wildman–Crippen MR) is 159 cm³/mol. The number of rotatable bonds is 9. The Kier molecular flexibility index (Phi) is 8.96. The molecule has 1 aliphatic rings. The molecule has 230 valence electrons. The lowest BCUT2D eigenvalue weighted by atomic mass is 9.88. The minimum Gasteiger partial charge on any atom is -0.497 e. The number of primary amides is 1. The second-order valence-corrected chi connectivity index (χ2v) is 10.2. The number of para-hydroxylation sites is 1. The summed E-state index contributed by atoms with van der Waals surface area (Å²) in [6.07, 6.45) is -3.39. The Morgan fingerprint density at radius 3 is 2.27 bits per heavy atom. The molecule has 1 heterocycles. The van der Waals surface area contributed by atoms with Crippen LogP contribution in [0.1, 0.15) is 34.3 Å². The fourth-order valence-electron chi connectivity index (χ4n) is 5.08. The van der Waals surface area contributed by atoms with E-state index in [1.165, 1.54) is 19.2 Å². The zero-order valence-corrected chi connectivity index (χ0v) is 23.8. The Bertz CT molecular complexity index is 1780. The van der Waals surface area contributed by atoms with Gasteiger partial charge < -0.3 is 20.9 Å². The Morgan fingerprint density at radius 2 is 1.62 bits per heavy atom. The van der Waals surface area contributed by atoms with Crippen LogP contribution in [0.5, 0.6) is 5.75 Å². The van der Waals surface area contributed by atoms with Crippen LogP contribution < -0.4 is 20.7 Å². The number of fused-ring (bicyclic) bond motifs is 1. The molecule has 45 heavy (non-hydrogen) atoms. The highest BCUT2D eigenvalue weighted by Crippen LogP contribution is 2.34. The molecule has 1 aliphatic heterocycles. The number of amides is 3. The zero-order chi connectivity index (χ0) is 32.2. The third-order valence-electron chi connectivity index (χ3n) is 7.28. The van der Waals surface area contributed by atoms with Crippen molar-refractivity contribution in [3.8, 4) is 5.75 Å². The summed E-state index contributed by atoms with van der Waals surface area (Å²) in [5, 5.41) is 13.8. The van der Waals surface area contributed by atoms with Gasteiger partial charge in [0.1, 0.15) is 18.1 Å². The van der Waals surface area contributed by atoms with Crippen LogP contribution in [-0.2, 0) is 14.4 Å². The third kappa shape index (κ3) is 6.55. The Labute approximate surface area is 255 Å². The number of benzodiazepines with no additional fused rings is 1. The summed E-state index contributed by atoms with van der Waals surface area (Å²) in [5.41, 5.74) is 7.07. The van der Waals surface area contributed by atoms with Gasteiger partial charge in [-0.3, -0.25) is 19.3 Å². The molecule has 0 radical (unpaired) electrons. The van der Waals surface area contributed by atoms with Crippen molar-refractivity contribution in [3.63, 3.8) is 0 Å². The van der Waals surface area contributed by atoms with Crippen LogP contribution in [0.4, 0.5) is 18.9 Å². The average Bonchev–Trinajstić information content (AvgIpc) is 3.14. The van der Waals surface area contributed by atoms with Crippen LogP contribution in [-0.4, -0.2) is 48.4 Å². The number of aliphatic hydroxyl groups is 1. The topological polar surface area (TPSA) is 134 Å². The summed E-state index contributed by atoms with van der Waals surface area (Å²) in [7, 11) is 1.51. The molecular weight excluding hydrogens is 589 g/mol. The monoisotopic (exact) mass is 616 g/mol. The van der Waals surface area contributed by atoms with E-state index in [2.05, 4.69) is 10.3 Å². The first-order chi connectivity index (χ1) is 21.6. The summed E-state index contributed by atoms with van der Waals surface area (Å²) in [6, 6.07) is 20.7. The first-order valence-electron chi connectivity index (χ1n) is 13.7. The van der Waals surface area contributed by atoms with Gasteiger partial charge in [-0.2, -0.15) is 0 Å².